The van der Waals surface area contributed by atoms with Gasteiger partial charge in [-0.3, -0.25) is 4.90 Å². The van der Waals surface area contributed by atoms with Crippen molar-refractivity contribution in [3.63, 3.8) is 0 Å². The number of piperidine rings is 1. The van der Waals surface area contributed by atoms with Gasteiger partial charge in [0.1, 0.15) is 0 Å². The van der Waals surface area contributed by atoms with Crippen LogP contribution in [0.5, 0.6) is 0 Å². The molecule has 14 heavy (non-hydrogen) atoms. The molecule has 0 saturated carbocycles. The van der Waals surface area contributed by atoms with Crippen LogP contribution < -0.4 is 0 Å². The lowest BCUT2D eigenvalue weighted by molar-refractivity contribution is 0.115. The van der Waals surface area contributed by atoms with Crippen LogP contribution in [-0.4, -0.2) is 46.7 Å². The molecule has 0 spiro atoms. The van der Waals surface area contributed by atoms with Gasteiger partial charge in [0, 0.05) is 32.0 Å². The van der Waals surface area contributed by atoms with Gasteiger partial charge < -0.3 is 10.3 Å². The lowest BCUT2D eigenvalue weighted by Gasteiger charge is -2.33. The summed E-state index contributed by atoms with van der Waals surface area (Å²) in [6.07, 6.45) is 1.54. The van der Waals surface area contributed by atoms with Crippen molar-refractivity contribution in [2.45, 2.75) is 32.8 Å². The highest BCUT2D eigenvalue weighted by atomic mass is 16.4. The van der Waals surface area contributed by atoms with Crippen LogP contribution in [0.15, 0.2) is 5.16 Å². The summed E-state index contributed by atoms with van der Waals surface area (Å²) in [6.45, 7) is 6.41. The van der Waals surface area contributed by atoms with Crippen LogP contribution in [0.3, 0.4) is 0 Å². The van der Waals surface area contributed by atoms with Crippen LogP contribution in [0, 0.1) is 5.92 Å². The zero-order valence-corrected chi connectivity index (χ0v) is 8.98. The van der Waals surface area contributed by atoms with E-state index in [9.17, 15) is 5.11 Å². The maximum absolute atomic E-state index is 9.27. The van der Waals surface area contributed by atoms with E-state index < -0.39 is 0 Å². The fraction of sp³-hybridized carbons (Fsp3) is 0.900. The van der Waals surface area contributed by atoms with Crippen LogP contribution in [0.2, 0.25) is 0 Å². The molecule has 0 amide bonds. The fourth-order valence-electron chi connectivity index (χ4n) is 2.02. The van der Waals surface area contributed by atoms with E-state index in [1.165, 1.54) is 0 Å². The lowest BCUT2D eigenvalue weighted by atomic mass is 9.93. The van der Waals surface area contributed by atoms with Crippen LogP contribution >= 0.6 is 0 Å². The molecule has 1 fully saturated rings. The first kappa shape index (κ1) is 11.5. The minimum absolute atomic E-state index is 0.278. The van der Waals surface area contributed by atoms with Gasteiger partial charge in [-0.15, -0.1) is 0 Å². The van der Waals surface area contributed by atoms with Gasteiger partial charge in [-0.2, -0.15) is 0 Å². The number of aliphatic hydroxyl groups is 1. The molecule has 1 rings (SSSR count). The second kappa shape index (κ2) is 5.32. The van der Waals surface area contributed by atoms with Crippen LogP contribution in [0.25, 0.3) is 0 Å². The Balaban J connectivity index is 2.48. The van der Waals surface area contributed by atoms with E-state index >= 15 is 0 Å². The first-order chi connectivity index (χ1) is 6.67. The average Bonchev–Trinajstić information content (AvgIpc) is 2.16. The van der Waals surface area contributed by atoms with E-state index in [1.54, 1.807) is 6.92 Å². The average molecular weight is 200 g/mol. The van der Waals surface area contributed by atoms with Crippen molar-refractivity contribution < 1.29 is 10.3 Å². The fourth-order valence-corrected chi connectivity index (χ4v) is 2.02. The first-order valence-corrected chi connectivity index (χ1v) is 5.28. The van der Waals surface area contributed by atoms with Crippen LogP contribution in [-0.2, 0) is 0 Å². The third-order valence-electron chi connectivity index (χ3n) is 2.78. The van der Waals surface area contributed by atoms with Gasteiger partial charge in [0.15, 0.2) is 0 Å². The molecule has 0 aromatic rings. The summed E-state index contributed by atoms with van der Waals surface area (Å²) >= 11 is 0. The SMILES string of the molecule is CCC1CN(CC(C)O)CC/C1=N/O. The Bertz CT molecular complexity index is 204. The molecule has 0 aromatic carbocycles. The van der Waals surface area contributed by atoms with E-state index in [0.29, 0.717) is 5.92 Å². The van der Waals surface area contributed by atoms with Gasteiger partial charge in [0.2, 0.25) is 0 Å². The number of aliphatic hydroxyl groups excluding tert-OH is 1. The number of β-amino-alcohol motifs (C(OH)–C–C–N with tert-alkyl or cyclic N) is 1. The van der Waals surface area contributed by atoms with E-state index in [1.807, 2.05) is 0 Å². The second-order valence-electron chi connectivity index (χ2n) is 4.06. The van der Waals surface area contributed by atoms with E-state index in [2.05, 4.69) is 17.0 Å². The summed E-state index contributed by atoms with van der Waals surface area (Å²) < 4.78 is 0. The largest absolute Gasteiger partial charge is 0.411 e. The van der Waals surface area contributed by atoms with Crippen LogP contribution in [0.1, 0.15) is 26.7 Å². The molecule has 1 heterocycles. The van der Waals surface area contributed by atoms with Gasteiger partial charge in [0.25, 0.3) is 0 Å². The third kappa shape index (κ3) is 2.96. The van der Waals surface area contributed by atoms with Crippen molar-refractivity contribution in [3.8, 4) is 0 Å². The Morgan fingerprint density at radius 3 is 2.86 bits per heavy atom. The summed E-state index contributed by atoms with van der Waals surface area (Å²) in [7, 11) is 0. The predicted octanol–water partition coefficient (Wildman–Crippen LogP) is 0.929. The molecular formula is C10H20N2O2. The Morgan fingerprint density at radius 2 is 2.36 bits per heavy atom. The number of nitrogens with zero attached hydrogens (tertiary/aromatic N) is 2. The molecule has 1 aliphatic rings. The normalized spacial score (nSPS) is 29.4. The Morgan fingerprint density at radius 1 is 1.64 bits per heavy atom. The summed E-state index contributed by atoms with van der Waals surface area (Å²) in [5.74, 6) is 0.354. The zero-order valence-electron chi connectivity index (χ0n) is 8.98. The van der Waals surface area contributed by atoms with Crippen molar-refractivity contribution in [1.82, 2.24) is 4.90 Å². The van der Waals surface area contributed by atoms with E-state index in [-0.39, 0.29) is 6.10 Å². The molecule has 1 aliphatic heterocycles. The molecule has 0 aliphatic carbocycles. The molecular weight excluding hydrogens is 180 g/mol. The molecule has 4 heteroatoms. The van der Waals surface area contributed by atoms with E-state index in [0.717, 1.165) is 38.2 Å². The van der Waals surface area contributed by atoms with Crippen LogP contribution in [0.4, 0.5) is 0 Å². The van der Waals surface area contributed by atoms with Gasteiger partial charge in [0.05, 0.1) is 11.8 Å². The minimum Gasteiger partial charge on any atom is -0.411 e. The van der Waals surface area contributed by atoms with E-state index in [4.69, 9.17) is 5.21 Å². The summed E-state index contributed by atoms with van der Waals surface area (Å²) in [6, 6.07) is 0. The zero-order chi connectivity index (χ0) is 10.6. The Hall–Kier alpha value is -0.610. The highest BCUT2D eigenvalue weighted by Gasteiger charge is 2.24. The second-order valence-corrected chi connectivity index (χ2v) is 4.06. The molecule has 2 N–H and O–H groups in total. The molecule has 2 unspecified atom stereocenters. The molecule has 1 saturated heterocycles. The van der Waals surface area contributed by atoms with Gasteiger partial charge in [-0.1, -0.05) is 12.1 Å². The Labute approximate surface area is 85.2 Å². The molecule has 4 nitrogen and oxygen atoms in total. The predicted molar refractivity (Wildman–Crippen MR) is 55.7 cm³/mol. The molecule has 0 bridgehead atoms. The third-order valence-corrected chi connectivity index (χ3v) is 2.78. The molecule has 0 radical (unpaired) electrons. The topological polar surface area (TPSA) is 56.1 Å². The van der Waals surface area contributed by atoms with Gasteiger partial charge in [-0.05, 0) is 13.3 Å². The number of likely N-dealkylation sites (tertiary alicyclic amines) is 1. The monoisotopic (exact) mass is 200 g/mol. The summed E-state index contributed by atoms with van der Waals surface area (Å²) in [5, 5.41) is 21.4. The smallest absolute Gasteiger partial charge is 0.0639 e. The summed E-state index contributed by atoms with van der Waals surface area (Å²) in [5.41, 5.74) is 0.911. The highest BCUT2D eigenvalue weighted by Crippen LogP contribution is 2.17. The summed E-state index contributed by atoms with van der Waals surface area (Å²) in [4.78, 5) is 2.23. The maximum Gasteiger partial charge on any atom is 0.0639 e. The van der Waals surface area contributed by atoms with Crippen molar-refractivity contribution >= 4 is 5.71 Å². The van der Waals surface area contributed by atoms with Gasteiger partial charge >= 0.3 is 0 Å². The van der Waals surface area contributed by atoms with Gasteiger partial charge in [-0.25, -0.2) is 0 Å². The molecule has 0 aromatic heterocycles. The van der Waals surface area contributed by atoms with Crippen molar-refractivity contribution in [1.29, 1.82) is 0 Å². The quantitative estimate of drug-likeness (QED) is 0.526. The maximum atomic E-state index is 9.27. The number of oxime groups is 1. The minimum atomic E-state index is -0.278. The van der Waals surface area contributed by atoms with Crippen molar-refractivity contribution in [2.24, 2.45) is 11.1 Å². The number of hydrogen-bond acceptors (Lipinski definition) is 4. The number of rotatable bonds is 3. The molecule has 2 atom stereocenters. The lowest BCUT2D eigenvalue weighted by Crippen LogP contribution is -2.43. The van der Waals surface area contributed by atoms with Crippen molar-refractivity contribution in [2.75, 3.05) is 19.6 Å². The standard InChI is InChI=1S/C10H20N2O2/c1-3-9-7-12(6-8(2)13)5-4-10(9)11-14/h8-9,13-14H,3-7H2,1-2H3/b11-10-. The Kier molecular flexibility index (Phi) is 4.35. The highest BCUT2D eigenvalue weighted by molar-refractivity contribution is 5.87. The first-order valence-electron chi connectivity index (χ1n) is 5.28. The number of hydrogen-bond donors (Lipinski definition) is 2. The van der Waals surface area contributed by atoms with Crippen molar-refractivity contribution in [3.05, 3.63) is 0 Å². The molecule has 82 valence electrons.